The van der Waals surface area contributed by atoms with E-state index in [4.69, 9.17) is 0 Å². The van der Waals surface area contributed by atoms with Gasteiger partial charge in [-0.15, -0.1) is 11.3 Å². The molecule has 6 heteroatoms. The lowest BCUT2D eigenvalue weighted by molar-refractivity contribution is 1.48. The van der Waals surface area contributed by atoms with Crippen LogP contribution in [0.4, 0.5) is 5.69 Å². The van der Waals surface area contributed by atoms with Crippen LogP contribution in [0.3, 0.4) is 0 Å². The van der Waals surface area contributed by atoms with E-state index >= 15 is 0 Å². The van der Waals surface area contributed by atoms with Gasteiger partial charge in [-0.2, -0.15) is 10.5 Å². The summed E-state index contributed by atoms with van der Waals surface area (Å²) in [6.45, 7) is 8.21. The first-order valence-electron chi connectivity index (χ1n) is 21.1. The molecular formula is C57H31B2N3S. The van der Waals surface area contributed by atoms with Crippen molar-refractivity contribution in [3.63, 3.8) is 0 Å². The minimum Gasteiger partial charge on any atom is -0.238 e. The Hall–Kier alpha value is -8.20. The van der Waals surface area contributed by atoms with Crippen LogP contribution in [-0.2, 0) is 0 Å². The molecule has 0 saturated carbocycles. The molecule has 3 nitrogen and oxygen atoms in total. The van der Waals surface area contributed by atoms with Crippen LogP contribution < -0.4 is 32.8 Å². The molecule has 2 aliphatic heterocycles. The van der Waals surface area contributed by atoms with E-state index in [9.17, 15) is 17.1 Å². The van der Waals surface area contributed by atoms with Crippen molar-refractivity contribution in [1.29, 1.82) is 10.5 Å². The summed E-state index contributed by atoms with van der Waals surface area (Å²) in [6, 6.07) is 70.9. The molecule has 2 aliphatic rings. The number of thiophene rings is 1. The lowest BCUT2D eigenvalue weighted by Crippen LogP contribution is -2.60. The maximum Gasteiger partial charge on any atom is 0.246 e. The number of rotatable bonds is 3. The summed E-state index contributed by atoms with van der Waals surface area (Å²) in [6.07, 6.45) is 0. The van der Waals surface area contributed by atoms with Crippen LogP contribution in [0.5, 0.6) is 0 Å². The SMILES string of the molecule is [C-]#[N+]c1c(B2c3ccccc3-c3ccccc3-c3ccccc32)c(C#N)c(B2c3ccccc3-c3ccccc3-c3ccccc32)c(C#N)c1-c1cccc2c1sc1ccccc12. The van der Waals surface area contributed by atoms with Crippen LogP contribution in [0.2, 0.25) is 0 Å². The van der Waals surface area contributed by atoms with Gasteiger partial charge in [-0.25, -0.2) is 4.85 Å². The van der Waals surface area contributed by atoms with Gasteiger partial charge in [0.1, 0.15) is 0 Å². The Balaban J connectivity index is 1.31. The van der Waals surface area contributed by atoms with Gasteiger partial charge >= 0.3 is 0 Å². The largest absolute Gasteiger partial charge is 0.246 e. The number of benzene rings is 9. The first-order valence-corrected chi connectivity index (χ1v) is 21.9. The summed E-state index contributed by atoms with van der Waals surface area (Å²) in [5.41, 5.74) is 16.3. The van der Waals surface area contributed by atoms with E-state index in [0.29, 0.717) is 33.3 Å². The second-order valence-corrected chi connectivity index (χ2v) is 17.3. The maximum atomic E-state index is 12.0. The van der Waals surface area contributed by atoms with Gasteiger partial charge in [0.15, 0.2) is 5.69 Å². The highest BCUT2D eigenvalue weighted by Gasteiger charge is 2.42. The molecule has 0 unspecified atom stereocenters. The molecule has 0 N–H and O–H groups in total. The molecule has 12 rings (SSSR count). The Labute approximate surface area is 370 Å². The van der Waals surface area contributed by atoms with E-state index in [2.05, 4.69) is 199 Å². The Kier molecular flexibility index (Phi) is 8.42. The van der Waals surface area contributed by atoms with E-state index in [0.717, 1.165) is 92.1 Å². The molecule has 9 aromatic carbocycles. The number of hydrogen-bond acceptors (Lipinski definition) is 3. The fourth-order valence-electron chi connectivity index (χ4n) is 10.7. The van der Waals surface area contributed by atoms with E-state index in [1.807, 2.05) is 6.07 Å². The van der Waals surface area contributed by atoms with Gasteiger partial charge in [0.2, 0.25) is 13.4 Å². The number of nitriles is 2. The van der Waals surface area contributed by atoms with Crippen LogP contribution in [0.25, 0.3) is 80.7 Å². The summed E-state index contributed by atoms with van der Waals surface area (Å²) in [4.78, 5) is 4.50. The highest BCUT2D eigenvalue weighted by Crippen LogP contribution is 2.45. The first kappa shape index (κ1) is 36.6. The smallest absolute Gasteiger partial charge is 0.238 e. The van der Waals surface area contributed by atoms with Crippen molar-refractivity contribution >= 4 is 83.4 Å². The molecule has 63 heavy (non-hydrogen) atoms. The zero-order valence-corrected chi connectivity index (χ0v) is 34.6. The van der Waals surface area contributed by atoms with E-state index < -0.39 is 13.4 Å². The van der Waals surface area contributed by atoms with Gasteiger partial charge in [-0.1, -0.05) is 204 Å². The fraction of sp³-hybridized carbons (Fsp3) is 0. The second-order valence-electron chi connectivity index (χ2n) is 16.2. The van der Waals surface area contributed by atoms with Gasteiger partial charge in [0.25, 0.3) is 0 Å². The van der Waals surface area contributed by atoms with Crippen molar-refractivity contribution in [2.24, 2.45) is 0 Å². The predicted molar refractivity (Wildman–Crippen MR) is 264 cm³/mol. The molecule has 0 radical (unpaired) electrons. The quantitative estimate of drug-likeness (QED) is 0.132. The molecule has 0 saturated heterocycles. The average molecular weight is 812 g/mol. The number of nitrogens with zero attached hydrogens (tertiary/aromatic N) is 3. The van der Waals surface area contributed by atoms with Crippen LogP contribution in [-0.4, -0.2) is 13.4 Å². The van der Waals surface area contributed by atoms with Crippen molar-refractivity contribution in [2.75, 3.05) is 0 Å². The summed E-state index contributed by atoms with van der Waals surface area (Å²) < 4.78 is 2.13. The number of hydrogen-bond donors (Lipinski definition) is 0. The third-order valence-electron chi connectivity index (χ3n) is 13.2. The van der Waals surface area contributed by atoms with Gasteiger partial charge in [-0.3, -0.25) is 0 Å². The molecular weight excluding hydrogens is 780 g/mol. The normalized spacial score (nSPS) is 12.0. The summed E-state index contributed by atoms with van der Waals surface area (Å²) in [7, 11) is 0. The molecule has 0 amide bonds. The molecule has 286 valence electrons. The molecule has 0 aliphatic carbocycles. The van der Waals surface area contributed by atoms with Gasteiger partial charge in [0, 0.05) is 36.9 Å². The second kappa shape index (κ2) is 14.5. The molecule has 0 atom stereocenters. The molecule has 0 spiro atoms. The van der Waals surface area contributed by atoms with Gasteiger partial charge < -0.3 is 0 Å². The molecule has 0 fully saturated rings. The van der Waals surface area contributed by atoms with Crippen LogP contribution in [0.1, 0.15) is 11.1 Å². The van der Waals surface area contributed by atoms with Gasteiger partial charge in [0.05, 0.1) is 18.7 Å². The number of fused-ring (bicyclic) bond motifs is 13. The van der Waals surface area contributed by atoms with E-state index in [-0.39, 0.29) is 0 Å². The summed E-state index contributed by atoms with van der Waals surface area (Å²) in [5, 5.41) is 26.2. The Morgan fingerprint density at radius 2 is 0.778 bits per heavy atom. The minimum atomic E-state index is -0.540. The summed E-state index contributed by atoms with van der Waals surface area (Å²) in [5.74, 6) is 0. The zero-order valence-electron chi connectivity index (χ0n) is 33.8. The van der Waals surface area contributed by atoms with Crippen molar-refractivity contribution < 1.29 is 0 Å². The highest BCUT2D eigenvalue weighted by molar-refractivity contribution is 7.26. The van der Waals surface area contributed by atoms with Crippen molar-refractivity contribution in [3.05, 3.63) is 211 Å². The van der Waals surface area contributed by atoms with E-state index in [1.165, 1.54) is 0 Å². The predicted octanol–water partition coefficient (Wildman–Crippen LogP) is 10.3. The third-order valence-corrected chi connectivity index (χ3v) is 14.5. The molecule has 3 heterocycles. The lowest BCUT2D eigenvalue weighted by Gasteiger charge is -2.28. The average Bonchev–Trinajstić information content (AvgIpc) is 3.62. The minimum absolute atomic E-state index is 0.329. The van der Waals surface area contributed by atoms with E-state index in [1.54, 1.807) is 11.3 Å². The molecule has 0 bridgehead atoms. The fourth-order valence-corrected chi connectivity index (χ4v) is 12.0. The molecule has 1 aromatic heterocycles. The van der Waals surface area contributed by atoms with Crippen LogP contribution >= 0.6 is 11.3 Å². The Morgan fingerprint density at radius 3 is 1.24 bits per heavy atom. The highest BCUT2D eigenvalue weighted by atomic mass is 32.1. The zero-order chi connectivity index (χ0) is 42.2. The summed E-state index contributed by atoms with van der Waals surface area (Å²) >= 11 is 1.68. The molecule has 10 aromatic rings. The topological polar surface area (TPSA) is 51.9 Å². The lowest BCUT2D eigenvalue weighted by atomic mass is 9.30. The Bertz CT molecular complexity index is 3400. The van der Waals surface area contributed by atoms with Crippen LogP contribution in [0.15, 0.2) is 188 Å². The van der Waals surface area contributed by atoms with Crippen molar-refractivity contribution in [1.82, 2.24) is 0 Å². The van der Waals surface area contributed by atoms with Crippen molar-refractivity contribution in [3.8, 4) is 67.8 Å². The van der Waals surface area contributed by atoms with Gasteiger partial charge in [-0.05, 0) is 67.1 Å². The standard InChI is InChI=1S/C57H31B2N3S/c1-62-56-53(45-27-16-26-44-43-25-10-15-32-52(43)63-57(44)45)46(33-60)54(58-48-28-11-6-21-39(48)35-17-2-3-18-36(35)40-22-7-12-29-49(40)58)47(34-61)55(56)59-50-30-13-8-23-41(50)37-19-4-5-20-38(37)42-24-9-14-31-51(42)59/h2-32H. The first-order chi connectivity index (χ1) is 31.2. The monoisotopic (exact) mass is 811 g/mol. The van der Waals surface area contributed by atoms with Crippen molar-refractivity contribution in [2.45, 2.75) is 0 Å². The maximum absolute atomic E-state index is 12.0. The van der Waals surface area contributed by atoms with Crippen LogP contribution in [0, 0.1) is 29.2 Å². The Morgan fingerprint density at radius 1 is 0.397 bits per heavy atom. The third kappa shape index (κ3) is 5.32.